The Hall–Kier alpha value is -2.14. The lowest BCUT2D eigenvalue weighted by atomic mass is 10.1. The standard InChI is InChI=1S/C14H17N5/c1-18(2)7-8-19-10-14(16-17-19)11-3-4-13-12(9-11)5-6-15-13/h3-6,9-10,15H,7-8H2,1-2H3. The molecule has 5 heteroatoms. The zero-order chi connectivity index (χ0) is 13.2. The summed E-state index contributed by atoms with van der Waals surface area (Å²) in [7, 11) is 4.11. The summed E-state index contributed by atoms with van der Waals surface area (Å²) in [5.74, 6) is 0. The summed E-state index contributed by atoms with van der Waals surface area (Å²) in [6.07, 6.45) is 3.94. The molecular formula is C14H17N5. The van der Waals surface area contributed by atoms with Gasteiger partial charge < -0.3 is 9.88 Å². The second kappa shape index (κ2) is 4.85. The fourth-order valence-electron chi connectivity index (χ4n) is 2.06. The molecule has 98 valence electrons. The van der Waals surface area contributed by atoms with Crippen LogP contribution in [0.15, 0.2) is 36.7 Å². The Morgan fingerprint density at radius 3 is 3.00 bits per heavy atom. The molecule has 0 aliphatic rings. The van der Waals surface area contributed by atoms with E-state index in [0.717, 1.165) is 29.9 Å². The maximum Gasteiger partial charge on any atom is 0.113 e. The zero-order valence-electron chi connectivity index (χ0n) is 11.2. The highest BCUT2D eigenvalue weighted by Crippen LogP contribution is 2.21. The largest absolute Gasteiger partial charge is 0.361 e. The van der Waals surface area contributed by atoms with E-state index in [0.29, 0.717) is 0 Å². The van der Waals surface area contributed by atoms with Crippen LogP contribution >= 0.6 is 0 Å². The lowest BCUT2D eigenvalue weighted by Gasteiger charge is -2.07. The van der Waals surface area contributed by atoms with Gasteiger partial charge in [-0.05, 0) is 32.3 Å². The van der Waals surface area contributed by atoms with Crippen molar-refractivity contribution in [3.63, 3.8) is 0 Å². The van der Waals surface area contributed by atoms with Crippen molar-refractivity contribution < 1.29 is 0 Å². The summed E-state index contributed by atoms with van der Waals surface area (Å²) in [5.41, 5.74) is 3.16. The molecule has 1 N–H and O–H groups in total. The van der Waals surface area contributed by atoms with E-state index in [1.165, 1.54) is 5.39 Å². The predicted molar refractivity (Wildman–Crippen MR) is 75.9 cm³/mol. The van der Waals surface area contributed by atoms with Gasteiger partial charge in [-0.2, -0.15) is 0 Å². The minimum atomic E-state index is 0.854. The lowest BCUT2D eigenvalue weighted by Crippen LogP contribution is -2.18. The van der Waals surface area contributed by atoms with Crippen LogP contribution < -0.4 is 0 Å². The second-order valence-electron chi connectivity index (χ2n) is 4.95. The number of aromatic amines is 1. The number of likely N-dealkylation sites (N-methyl/N-ethyl adjacent to an activating group) is 1. The lowest BCUT2D eigenvalue weighted by molar-refractivity contribution is 0.370. The van der Waals surface area contributed by atoms with Crippen LogP contribution in [0.1, 0.15) is 0 Å². The molecule has 0 fully saturated rings. The molecule has 0 bridgehead atoms. The highest BCUT2D eigenvalue weighted by atomic mass is 15.4. The fourth-order valence-corrected chi connectivity index (χ4v) is 2.06. The van der Waals surface area contributed by atoms with Crippen molar-refractivity contribution >= 4 is 10.9 Å². The Kier molecular flexibility index (Phi) is 3.05. The highest BCUT2D eigenvalue weighted by Gasteiger charge is 2.05. The molecule has 19 heavy (non-hydrogen) atoms. The normalized spacial score (nSPS) is 11.5. The van der Waals surface area contributed by atoms with Gasteiger partial charge in [0.2, 0.25) is 0 Å². The molecule has 0 saturated heterocycles. The van der Waals surface area contributed by atoms with Crippen molar-refractivity contribution in [3.05, 3.63) is 36.7 Å². The third-order valence-corrected chi connectivity index (χ3v) is 3.16. The number of nitrogens with zero attached hydrogens (tertiary/aromatic N) is 4. The first-order chi connectivity index (χ1) is 9.22. The summed E-state index contributed by atoms with van der Waals surface area (Å²) in [5, 5.41) is 9.60. The minimum absolute atomic E-state index is 0.854. The average molecular weight is 255 g/mol. The van der Waals surface area contributed by atoms with Crippen molar-refractivity contribution in [1.29, 1.82) is 0 Å². The Bertz CT molecular complexity index is 680. The number of benzene rings is 1. The van der Waals surface area contributed by atoms with E-state index >= 15 is 0 Å². The van der Waals surface area contributed by atoms with Gasteiger partial charge in [-0.3, -0.25) is 4.68 Å². The maximum atomic E-state index is 4.24. The van der Waals surface area contributed by atoms with Crippen LogP contribution in [0.4, 0.5) is 0 Å². The van der Waals surface area contributed by atoms with Gasteiger partial charge in [0.15, 0.2) is 0 Å². The van der Waals surface area contributed by atoms with Crippen LogP contribution in [0.2, 0.25) is 0 Å². The molecule has 0 aliphatic heterocycles. The Morgan fingerprint density at radius 1 is 1.26 bits per heavy atom. The Labute approximate surface area is 111 Å². The number of rotatable bonds is 4. The summed E-state index contributed by atoms with van der Waals surface area (Å²) < 4.78 is 1.89. The summed E-state index contributed by atoms with van der Waals surface area (Å²) in [6, 6.07) is 8.34. The van der Waals surface area contributed by atoms with Crippen molar-refractivity contribution in [2.24, 2.45) is 0 Å². The molecule has 3 rings (SSSR count). The smallest absolute Gasteiger partial charge is 0.113 e. The Balaban J connectivity index is 1.85. The highest BCUT2D eigenvalue weighted by molar-refractivity contribution is 5.84. The van der Waals surface area contributed by atoms with Crippen LogP contribution in [0, 0.1) is 0 Å². The summed E-state index contributed by atoms with van der Waals surface area (Å²) >= 11 is 0. The van der Waals surface area contributed by atoms with Gasteiger partial charge in [-0.1, -0.05) is 11.3 Å². The van der Waals surface area contributed by atoms with E-state index in [1.807, 2.05) is 17.1 Å². The third kappa shape index (κ3) is 2.51. The average Bonchev–Trinajstić information content (AvgIpc) is 3.04. The predicted octanol–water partition coefficient (Wildman–Crippen LogP) is 1.99. The first-order valence-electron chi connectivity index (χ1n) is 6.35. The molecule has 1 aromatic carbocycles. The minimum Gasteiger partial charge on any atom is -0.361 e. The number of hydrogen-bond acceptors (Lipinski definition) is 3. The van der Waals surface area contributed by atoms with Gasteiger partial charge in [-0.15, -0.1) is 5.10 Å². The van der Waals surface area contributed by atoms with Gasteiger partial charge in [0.1, 0.15) is 5.69 Å². The first kappa shape index (κ1) is 11.9. The quantitative estimate of drug-likeness (QED) is 0.775. The number of hydrogen-bond donors (Lipinski definition) is 1. The molecule has 0 saturated carbocycles. The van der Waals surface area contributed by atoms with Gasteiger partial charge in [0.25, 0.3) is 0 Å². The van der Waals surface area contributed by atoms with E-state index in [4.69, 9.17) is 0 Å². The summed E-state index contributed by atoms with van der Waals surface area (Å²) in [6.45, 7) is 1.81. The van der Waals surface area contributed by atoms with E-state index in [-0.39, 0.29) is 0 Å². The van der Waals surface area contributed by atoms with Crippen LogP contribution in [0.3, 0.4) is 0 Å². The van der Waals surface area contributed by atoms with Gasteiger partial charge in [0, 0.05) is 29.2 Å². The molecule has 0 atom stereocenters. The first-order valence-corrected chi connectivity index (χ1v) is 6.35. The van der Waals surface area contributed by atoms with E-state index in [2.05, 4.69) is 58.6 Å². The molecular weight excluding hydrogens is 238 g/mol. The molecule has 0 radical (unpaired) electrons. The van der Waals surface area contributed by atoms with Gasteiger partial charge >= 0.3 is 0 Å². The number of nitrogens with one attached hydrogen (secondary N) is 1. The molecule has 0 amide bonds. The van der Waals surface area contributed by atoms with Crippen molar-refractivity contribution in [1.82, 2.24) is 24.9 Å². The van der Waals surface area contributed by atoms with Crippen molar-refractivity contribution in [3.8, 4) is 11.3 Å². The van der Waals surface area contributed by atoms with E-state index < -0.39 is 0 Å². The van der Waals surface area contributed by atoms with Gasteiger partial charge in [0.05, 0.1) is 12.7 Å². The number of H-pyrrole nitrogens is 1. The molecule has 0 aliphatic carbocycles. The molecule has 3 aromatic rings. The molecule has 2 heterocycles. The molecule has 2 aromatic heterocycles. The van der Waals surface area contributed by atoms with Crippen LogP contribution in [0.5, 0.6) is 0 Å². The van der Waals surface area contributed by atoms with E-state index in [1.54, 1.807) is 0 Å². The summed E-state index contributed by atoms with van der Waals surface area (Å²) in [4.78, 5) is 5.32. The SMILES string of the molecule is CN(C)CCn1cc(-c2ccc3[nH]ccc3c2)nn1. The number of fused-ring (bicyclic) bond motifs is 1. The monoisotopic (exact) mass is 255 g/mol. The maximum absolute atomic E-state index is 4.24. The fraction of sp³-hybridized carbons (Fsp3) is 0.286. The van der Waals surface area contributed by atoms with Crippen molar-refractivity contribution in [2.45, 2.75) is 6.54 Å². The molecule has 0 unspecified atom stereocenters. The second-order valence-corrected chi connectivity index (χ2v) is 4.95. The van der Waals surface area contributed by atoms with Crippen LogP contribution in [-0.4, -0.2) is 45.5 Å². The third-order valence-electron chi connectivity index (χ3n) is 3.16. The van der Waals surface area contributed by atoms with Crippen LogP contribution in [-0.2, 0) is 6.54 Å². The van der Waals surface area contributed by atoms with Gasteiger partial charge in [-0.25, -0.2) is 0 Å². The zero-order valence-corrected chi connectivity index (χ0v) is 11.2. The molecule has 0 spiro atoms. The van der Waals surface area contributed by atoms with Crippen molar-refractivity contribution in [2.75, 3.05) is 20.6 Å². The number of aromatic nitrogens is 4. The Morgan fingerprint density at radius 2 is 2.16 bits per heavy atom. The van der Waals surface area contributed by atoms with E-state index in [9.17, 15) is 0 Å². The van der Waals surface area contributed by atoms with Crippen LogP contribution in [0.25, 0.3) is 22.2 Å². The molecule has 5 nitrogen and oxygen atoms in total. The topological polar surface area (TPSA) is 49.7 Å².